The van der Waals surface area contributed by atoms with E-state index < -0.39 is 0 Å². The van der Waals surface area contributed by atoms with Crippen LogP contribution in [0, 0.1) is 0 Å². The van der Waals surface area contributed by atoms with Crippen molar-refractivity contribution < 1.29 is 0 Å². The normalized spacial score (nSPS) is 33.0. The minimum Gasteiger partial charge on any atom is -0.294 e. The van der Waals surface area contributed by atoms with Crippen molar-refractivity contribution in [1.29, 1.82) is 0 Å². The Morgan fingerprint density at radius 1 is 1.62 bits per heavy atom. The molecule has 1 aliphatic heterocycles. The molecule has 0 aromatic carbocycles. The lowest BCUT2D eigenvalue weighted by Gasteiger charge is -2.28. The average molecular weight is 131 g/mol. The molecule has 1 nitrogen and oxygen atoms in total. The van der Waals surface area contributed by atoms with E-state index in [4.69, 9.17) is 0 Å². The van der Waals surface area contributed by atoms with E-state index in [1.165, 1.54) is 18.1 Å². The van der Waals surface area contributed by atoms with E-state index in [0.29, 0.717) is 0 Å². The Balaban J connectivity index is 2.28. The molecule has 1 aliphatic rings. The summed E-state index contributed by atoms with van der Waals surface area (Å²) in [4.78, 5) is 2.40. The summed E-state index contributed by atoms with van der Waals surface area (Å²) in [6.45, 7) is 2.29. The van der Waals surface area contributed by atoms with Gasteiger partial charge in [-0.15, -0.1) is 11.8 Å². The highest BCUT2D eigenvalue weighted by Gasteiger charge is 2.12. The zero-order valence-corrected chi connectivity index (χ0v) is 6.37. The predicted octanol–water partition coefficient (Wildman–Crippen LogP) is 1.40. The van der Waals surface area contributed by atoms with Crippen molar-refractivity contribution in [3.05, 3.63) is 0 Å². The SMILES string of the molecule is CC1CCSCN1C. The van der Waals surface area contributed by atoms with Gasteiger partial charge in [-0.25, -0.2) is 0 Å². The molecule has 0 aromatic heterocycles. The first-order valence-electron chi connectivity index (χ1n) is 3.08. The molecule has 0 radical (unpaired) electrons. The predicted molar refractivity (Wildman–Crippen MR) is 39.2 cm³/mol. The Kier molecular flexibility index (Phi) is 2.20. The Morgan fingerprint density at radius 2 is 2.38 bits per heavy atom. The highest BCUT2D eigenvalue weighted by molar-refractivity contribution is 7.99. The monoisotopic (exact) mass is 131 g/mol. The minimum atomic E-state index is 0.816. The van der Waals surface area contributed by atoms with Crippen LogP contribution in [-0.4, -0.2) is 29.6 Å². The number of hydrogen-bond acceptors (Lipinski definition) is 2. The number of hydrogen-bond donors (Lipinski definition) is 0. The molecule has 0 aliphatic carbocycles. The molecular formula is C6H13NS. The second kappa shape index (κ2) is 2.74. The van der Waals surface area contributed by atoms with Crippen LogP contribution < -0.4 is 0 Å². The molecule has 1 heterocycles. The summed E-state index contributed by atoms with van der Waals surface area (Å²) in [6, 6.07) is 0.816. The summed E-state index contributed by atoms with van der Waals surface area (Å²) in [6.07, 6.45) is 1.36. The molecule has 1 saturated heterocycles. The van der Waals surface area contributed by atoms with Gasteiger partial charge in [0.1, 0.15) is 0 Å². The van der Waals surface area contributed by atoms with E-state index in [-0.39, 0.29) is 0 Å². The maximum atomic E-state index is 2.40. The first-order chi connectivity index (χ1) is 3.80. The van der Waals surface area contributed by atoms with Gasteiger partial charge >= 0.3 is 0 Å². The van der Waals surface area contributed by atoms with Gasteiger partial charge in [-0.05, 0) is 26.1 Å². The molecule has 0 N–H and O–H groups in total. The first-order valence-corrected chi connectivity index (χ1v) is 4.24. The van der Waals surface area contributed by atoms with E-state index in [1.807, 2.05) is 11.8 Å². The van der Waals surface area contributed by atoms with E-state index in [1.54, 1.807) is 0 Å². The minimum absolute atomic E-state index is 0.816. The Hall–Kier alpha value is 0.310. The molecule has 48 valence electrons. The first kappa shape index (κ1) is 6.43. The van der Waals surface area contributed by atoms with Crippen LogP contribution in [0.1, 0.15) is 13.3 Å². The fraction of sp³-hybridized carbons (Fsp3) is 1.00. The Morgan fingerprint density at radius 3 is 2.75 bits per heavy atom. The van der Waals surface area contributed by atoms with Crippen LogP contribution in [0.25, 0.3) is 0 Å². The smallest absolute Gasteiger partial charge is 0.0444 e. The van der Waals surface area contributed by atoms with E-state index in [9.17, 15) is 0 Å². The van der Waals surface area contributed by atoms with Gasteiger partial charge in [-0.1, -0.05) is 0 Å². The fourth-order valence-corrected chi connectivity index (χ4v) is 1.99. The molecule has 1 unspecified atom stereocenters. The standard InChI is InChI=1S/C6H13NS/c1-6-3-4-8-5-7(6)2/h6H,3-5H2,1-2H3. The summed E-state index contributed by atoms with van der Waals surface area (Å²) in [5, 5.41) is 0. The van der Waals surface area contributed by atoms with Gasteiger partial charge < -0.3 is 0 Å². The number of thioether (sulfide) groups is 1. The second-order valence-electron chi connectivity index (χ2n) is 2.43. The van der Waals surface area contributed by atoms with Gasteiger partial charge in [0.05, 0.1) is 0 Å². The summed E-state index contributed by atoms with van der Waals surface area (Å²) >= 11 is 2.03. The number of nitrogens with zero attached hydrogens (tertiary/aromatic N) is 1. The van der Waals surface area contributed by atoms with Crippen molar-refractivity contribution in [2.24, 2.45) is 0 Å². The van der Waals surface area contributed by atoms with Gasteiger partial charge in [0.2, 0.25) is 0 Å². The van der Waals surface area contributed by atoms with Crippen molar-refractivity contribution in [3.63, 3.8) is 0 Å². The molecule has 8 heavy (non-hydrogen) atoms. The average Bonchev–Trinajstić information content (AvgIpc) is 1.77. The summed E-state index contributed by atoms with van der Waals surface area (Å²) < 4.78 is 0. The zero-order chi connectivity index (χ0) is 5.98. The molecule has 0 bridgehead atoms. The van der Waals surface area contributed by atoms with Crippen LogP contribution >= 0.6 is 11.8 Å². The summed E-state index contributed by atoms with van der Waals surface area (Å²) in [5.74, 6) is 2.58. The summed E-state index contributed by atoms with van der Waals surface area (Å²) in [5.41, 5.74) is 0. The van der Waals surface area contributed by atoms with E-state index in [2.05, 4.69) is 18.9 Å². The van der Waals surface area contributed by atoms with Gasteiger partial charge in [-0.2, -0.15) is 0 Å². The second-order valence-corrected chi connectivity index (χ2v) is 3.51. The third-order valence-corrected chi connectivity index (χ3v) is 2.84. The van der Waals surface area contributed by atoms with Gasteiger partial charge in [0.25, 0.3) is 0 Å². The van der Waals surface area contributed by atoms with Gasteiger partial charge in [0.15, 0.2) is 0 Å². The van der Waals surface area contributed by atoms with Crippen LogP contribution in [0.4, 0.5) is 0 Å². The maximum absolute atomic E-state index is 2.40. The van der Waals surface area contributed by atoms with Gasteiger partial charge in [-0.3, -0.25) is 4.90 Å². The van der Waals surface area contributed by atoms with E-state index in [0.717, 1.165) is 6.04 Å². The van der Waals surface area contributed by atoms with Crippen molar-refractivity contribution in [2.75, 3.05) is 18.7 Å². The van der Waals surface area contributed by atoms with Crippen LogP contribution in [0.5, 0.6) is 0 Å². The molecule has 0 aromatic rings. The van der Waals surface area contributed by atoms with Crippen molar-refractivity contribution in [1.82, 2.24) is 4.90 Å². The van der Waals surface area contributed by atoms with Crippen molar-refractivity contribution >= 4 is 11.8 Å². The third kappa shape index (κ3) is 1.39. The zero-order valence-electron chi connectivity index (χ0n) is 5.55. The quantitative estimate of drug-likeness (QED) is 0.489. The van der Waals surface area contributed by atoms with E-state index >= 15 is 0 Å². The molecular weight excluding hydrogens is 118 g/mol. The van der Waals surface area contributed by atoms with Crippen LogP contribution in [0.3, 0.4) is 0 Å². The molecule has 0 spiro atoms. The fourth-order valence-electron chi connectivity index (χ4n) is 0.810. The molecule has 1 atom stereocenters. The Bertz CT molecular complexity index is 64.9. The number of rotatable bonds is 0. The lowest BCUT2D eigenvalue weighted by atomic mass is 10.2. The highest BCUT2D eigenvalue weighted by atomic mass is 32.2. The molecule has 2 heteroatoms. The van der Waals surface area contributed by atoms with Crippen molar-refractivity contribution in [2.45, 2.75) is 19.4 Å². The third-order valence-electron chi connectivity index (χ3n) is 1.73. The van der Waals surface area contributed by atoms with Crippen molar-refractivity contribution in [3.8, 4) is 0 Å². The maximum Gasteiger partial charge on any atom is 0.0444 e. The molecule has 0 amide bonds. The lowest BCUT2D eigenvalue weighted by Crippen LogP contribution is -2.32. The Labute approximate surface area is 55.4 Å². The van der Waals surface area contributed by atoms with Crippen LogP contribution in [-0.2, 0) is 0 Å². The largest absolute Gasteiger partial charge is 0.294 e. The van der Waals surface area contributed by atoms with Crippen LogP contribution in [0.15, 0.2) is 0 Å². The highest BCUT2D eigenvalue weighted by Crippen LogP contribution is 2.16. The van der Waals surface area contributed by atoms with Gasteiger partial charge in [0, 0.05) is 11.9 Å². The van der Waals surface area contributed by atoms with Crippen LogP contribution in [0.2, 0.25) is 0 Å². The molecule has 0 saturated carbocycles. The lowest BCUT2D eigenvalue weighted by molar-refractivity contribution is 0.287. The summed E-state index contributed by atoms with van der Waals surface area (Å²) in [7, 11) is 2.19. The topological polar surface area (TPSA) is 3.24 Å². The molecule has 1 rings (SSSR count). The molecule has 1 fully saturated rings.